The molecule has 0 saturated heterocycles. The summed E-state index contributed by atoms with van der Waals surface area (Å²) in [5.74, 6) is 0.782. The molecule has 0 unspecified atom stereocenters. The van der Waals surface area contributed by atoms with E-state index in [0.717, 1.165) is 29.0 Å². The molecule has 0 fully saturated rings. The van der Waals surface area contributed by atoms with Crippen LogP contribution in [-0.2, 0) is 11.3 Å². The van der Waals surface area contributed by atoms with Gasteiger partial charge >= 0.3 is 6.09 Å². The van der Waals surface area contributed by atoms with E-state index in [4.69, 9.17) is 9.47 Å². The lowest BCUT2D eigenvalue weighted by Gasteiger charge is -2.19. The molecule has 0 atom stereocenters. The molecule has 5 heteroatoms. The summed E-state index contributed by atoms with van der Waals surface area (Å²) in [6, 6.07) is 14.6. The largest absolute Gasteiger partial charge is 0.492 e. The first-order chi connectivity index (χ1) is 12.8. The molecule has 0 aliphatic rings. The van der Waals surface area contributed by atoms with Crippen LogP contribution in [-0.4, -0.2) is 31.9 Å². The average molecular weight is 370 g/mol. The molecular formula is C22H30N2O3. The van der Waals surface area contributed by atoms with Crippen molar-refractivity contribution < 1.29 is 14.3 Å². The number of nitrogens with one attached hydrogen (secondary N) is 2. The second kappa shape index (κ2) is 9.42. The van der Waals surface area contributed by atoms with Crippen LogP contribution >= 0.6 is 0 Å². The topological polar surface area (TPSA) is 59.6 Å². The Morgan fingerprint density at radius 1 is 1.04 bits per heavy atom. The molecule has 0 aromatic heterocycles. The zero-order chi connectivity index (χ0) is 19.9. The molecule has 2 rings (SSSR count). The van der Waals surface area contributed by atoms with E-state index >= 15 is 0 Å². The monoisotopic (exact) mass is 370 g/mol. The highest BCUT2D eigenvalue weighted by Gasteiger charge is 2.15. The van der Waals surface area contributed by atoms with Gasteiger partial charge in [0.1, 0.15) is 18.0 Å². The molecule has 0 radical (unpaired) electrons. The average Bonchev–Trinajstić information content (AvgIpc) is 2.58. The van der Waals surface area contributed by atoms with Crippen molar-refractivity contribution in [3.63, 3.8) is 0 Å². The summed E-state index contributed by atoms with van der Waals surface area (Å²) in [4.78, 5) is 11.7. The Morgan fingerprint density at radius 2 is 1.74 bits per heavy atom. The zero-order valence-electron chi connectivity index (χ0n) is 16.9. The van der Waals surface area contributed by atoms with E-state index in [1.165, 1.54) is 5.56 Å². The molecule has 0 heterocycles. The van der Waals surface area contributed by atoms with Gasteiger partial charge in [0.15, 0.2) is 0 Å². The number of hydrogen-bond donors (Lipinski definition) is 2. The van der Waals surface area contributed by atoms with Crippen molar-refractivity contribution in [1.82, 2.24) is 10.6 Å². The highest BCUT2D eigenvalue weighted by Crippen LogP contribution is 2.26. The van der Waals surface area contributed by atoms with E-state index in [1.54, 1.807) is 0 Å². The van der Waals surface area contributed by atoms with Crippen LogP contribution in [0.5, 0.6) is 5.75 Å². The van der Waals surface area contributed by atoms with Gasteiger partial charge in [-0.2, -0.15) is 0 Å². The van der Waals surface area contributed by atoms with E-state index in [2.05, 4.69) is 47.9 Å². The molecule has 2 N–H and O–H groups in total. The Kier molecular flexibility index (Phi) is 7.25. The van der Waals surface area contributed by atoms with Crippen LogP contribution in [0.1, 0.15) is 31.9 Å². The smallest absolute Gasteiger partial charge is 0.407 e. The first-order valence-corrected chi connectivity index (χ1v) is 9.22. The Labute approximate surface area is 162 Å². The zero-order valence-corrected chi connectivity index (χ0v) is 16.9. The van der Waals surface area contributed by atoms with Crippen LogP contribution in [0.15, 0.2) is 42.5 Å². The first-order valence-electron chi connectivity index (χ1n) is 9.22. The minimum Gasteiger partial charge on any atom is -0.492 e. The van der Waals surface area contributed by atoms with Gasteiger partial charge in [0.25, 0.3) is 0 Å². The van der Waals surface area contributed by atoms with E-state index in [9.17, 15) is 4.79 Å². The summed E-state index contributed by atoms with van der Waals surface area (Å²) in [6.07, 6.45) is -0.435. The number of carbonyl (C=O) groups is 1. The lowest BCUT2D eigenvalue weighted by molar-refractivity contribution is 0.0520. The van der Waals surface area contributed by atoms with Crippen molar-refractivity contribution in [1.29, 1.82) is 0 Å². The molecule has 146 valence electrons. The van der Waals surface area contributed by atoms with Crippen LogP contribution in [0.4, 0.5) is 4.79 Å². The molecule has 0 bridgehead atoms. The third-order valence-corrected chi connectivity index (χ3v) is 3.77. The first kappa shape index (κ1) is 20.8. The van der Waals surface area contributed by atoms with E-state index in [-0.39, 0.29) is 0 Å². The predicted octanol–water partition coefficient (Wildman–Crippen LogP) is 4.28. The van der Waals surface area contributed by atoms with Crippen LogP contribution < -0.4 is 15.4 Å². The number of amides is 1. The molecule has 0 spiro atoms. The van der Waals surface area contributed by atoms with Crippen molar-refractivity contribution in [2.45, 2.75) is 39.8 Å². The Morgan fingerprint density at radius 3 is 2.37 bits per heavy atom. The summed E-state index contributed by atoms with van der Waals surface area (Å²) in [5, 5.41) is 5.88. The number of benzene rings is 2. The molecule has 0 aliphatic heterocycles. The fourth-order valence-corrected chi connectivity index (χ4v) is 2.60. The number of rotatable bonds is 7. The van der Waals surface area contributed by atoms with E-state index < -0.39 is 11.7 Å². The van der Waals surface area contributed by atoms with Gasteiger partial charge in [-0.25, -0.2) is 4.79 Å². The van der Waals surface area contributed by atoms with Crippen molar-refractivity contribution in [2.24, 2.45) is 0 Å². The summed E-state index contributed by atoms with van der Waals surface area (Å²) >= 11 is 0. The van der Waals surface area contributed by atoms with Crippen LogP contribution in [0.2, 0.25) is 0 Å². The molecule has 0 aliphatic carbocycles. The fourth-order valence-electron chi connectivity index (χ4n) is 2.60. The summed E-state index contributed by atoms with van der Waals surface area (Å²) < 4.78 is 11.1. The van der Waals surface area contributed by atoms with E-state index in [0.29, 0.717) is 13.2 Å². The maximum atomic E-state index is 11.7. The summed E-state index contributed by atoms with van der Waals surface area (Å²) in [6.45, 7) is 9.09. The Hall–Kier alpha value is -2.53. The molecule has 2 aromatic carbocycles. The molecule has 27 heavy (non-hydrogen) atoms. The second-order valence-electron chi connectivity index (χ2n) is 7.54. The summed E-state index contributed by atoms with van der Waals surface area (Å²) in [5.41, 5.74) is 4.13. The van der Waals surface area contributed by atoms with Gasteiger partial charge in [0.2, 0.25) is 0 Å². The Balaban J connectivity index is 2.01. The number of aryl methyl sites for hydroxylation is 1. The third kappa shape index (κ3) is 7.31. The molecule has 2 aromatic rings. The highest BCUT2D eigenvalue weighted by atomic mass is 16.6. The van der Waals surface area contributed by atoms with Gasteiger partial charge < -0.3 is 20.1 Å². The lowest BCUT2D eigenvalue weighted by Crippen LogP contribution is -2.34. The third-order valence-electron chi connectivity index (χ3n) is 3.77. The van der Waals surface area contributed by atoms with Gasteiger partial charge in [0, 0.05) is 6.54 Å². The van der Waals surface area contributed by atoms with Crippen molar-refractivity contribution >= 4 is 6.09 Å². The van der Waals surface area contributed by atoms with Gasteiger partial charge in [-0.05, 0) is 69.6 Å². The van der Waals surface area contributed by atoms with Crippen molar-refractivity contribution in [3.8, 4) is 16.9 Å². The highest BCUT2D eigenvalue weighted by molar-refractivity contribution is 5.68. The number of hydrogen-bond acceptors (Lipinski definition) is 4. The maximum absolute atomic E-state index is 11.7. The van der Waals surface area contributed by atoms with Crippen molar-refractivity contribution in [2.75, 3.05) is 20.2 Å². The molecular weight excluding hydrogens is 340 g/mol. The van der Waals surface area contributed by atoms with Crippen LogP contribution in [0.25, 0.3) is 11.1 Å². The minimum absolute atomic E-state index is 0.371. The SMILES string of the molecule is CNCc1cc(OCCNC(=O)OC(C)(C)C)cc(-c2ccc(C)cc2)c1. The molecule has 0 saturated carbocycles. The van der Waals surface area contributed by atoms with Gasteiger partial charge in [0.05, 0.1) is 6.54 Å². The predicted molar refractivity (Wildman–Crippen MR) is 109 cm³/mol. The number of carbonyl (C=O) groups excluding carboxylic acids is 1. The van der Waals surface area contributed by atoms with Gasteiger partial charge in [-0.1, -0.05) is 29.8 Å². The van der Waals surface area contributed by atoms with Crippen molar-refractivity contribution in [3.05, 3.63) is 53.6 Å². The molecule has 5 nitrogen and oxygen atoms in total. The fraction of sp³-hybridized carbons (Fsp3) is 0.409. The minimum atomic E-state index is -0.505. The van der Waals surface area contributed by atoms with Gasteiger partial charge in [-0.15, -0.1) is 0 Å². The summed E-state index contributed by atoms with van der Waals surface area (Å²) in [7, 11) is 1.92. The Bertz CT molecular complexity index is 749. The number of ether oxygens (including phenoxy) is 2. The van der Waals surface area contributed by atoms with Crippen LogP contribution in [0.3, 0.4) is 0 Å². The van der Waals surface area contributed by atoms with Gasteiger partial charge in [-0.3, -0.25) is 0 Å². The van der Waals surface area contributed by atoms with Crippen LogP contribution in [0, 0.1) is 6.92 Å². The van der Waals surface area contributed by atoms with E-state index in [1.807, 2.05) is 40.0 Å². The lowest BCUT2D eigenvalue weighted by atomic mass is 10.0. The standard InChI is InChI=1S/C22H30N2O3/c1-16-6-8-18(9-7-16)19-12-17(15-23-5)13-20(14-19)26-11-10-24-21(25)27-22(2,3)4/h6-9,12-14,23H,10-11,15H2,1-5H3,(H,24,25). The quantitative estimate of drug-likeness (QED) is 0.714. The maximum Gasteiger partial charge on any atom is 0.407 e. The second-order valence-corrected chi connectivity index (χ2v) is 7.54. The number of alkyl carbamates (subject to hydrolysis) is 1. The molecule has 1 amide bonds. The normalized spacial score (nSPS) is 11.1.